The third-order valence-electron chi connectivity index (χ3n) is 4.62. The van der Waals surface area contributed by atoms with Crippen LogP contribution in [0.2, 0.25) is 5.02 Å². The zero-order chi connectivity index (χ0) is 20.5. The summed E-state index contributed by atoms with van der Waals surface area (Å²) in [6.45, 7) is 4.04. The third-order valence-corrected chi connectivity index (χ3v) is 4.99. The molecule has 0 aromatic heterocycles. The van der Waals surface area contributed by atoms with Gasteiger partial charge in [0.05, 0.1) is 0 Å². The van der Waals surface area contributed by atoms with E-state index < -0.39 is 6.04 Å². The van der Waals surface area contributed by atoms with E-state index in [1.165, 1.54) is 10.5 Å². The van der Waals surface area contributed by atoms with Gasteiger partial charge in [-0.2, -0.15) is 0 Å². The molecule has 0 saturated heterocycles. The molecule has 5 nitrogen and oxygen atoms in total. The molecular weight excluding hydrogens is 376 g/mol. The van der Waals surface area contributed by atoms with Gasteiger partial charge in [0.25, 0.3) is 5.91 Å². The predicted octanol–water partition coefficient (Wildman–Crippen LogP) is 3.83. The van der Waals surface area contributed by atoms with E-state index in [9.17, 15) is 9.59 Å². The standard InChI is InChI=1S/C22H27ClN2O3/c1-4-16-10-12-18(13-11-16)28-15-21(26)25(20(5-2)22(27)24-3)14-17-8-6-7-9-19(17)23/h6-13,20H,4-5,14-15H2,1-3H3,(H,24,27)/t20-/m1/s1. The maximum absolute atomic E-state index is 13.0. The first-order chi connectivity index (χ1) is 13.5. The van der Waals surface area contributed by atoms with Crippen molar-refractivity contribution in [3.63, 3.8) is 0 Å². The number of benzene rings is 2. The summed E-state index contributed by atoms with van der Waals surface area (Å²) in [6, 6.07) is 14.4. The minimum atomic E-state index is -0.597. The van der Waals surface area contributed by atoms with E-state index in [1.807, 2.05) is 49.4 Å². The van der Waals surface area contributed by atoms with Crippen LogP contribution >= 0.6 is 11.6 Å². The highest BCUT2D eigenvalue weighted by molar-refractivity contribution is 6.31. The summed E-state index contributed by atoms with van der Waals surface area (Å²) in [5.74, 6) is 0.140. The highest BCUT2D eigenvalue weighted by Crippen LogP contribution is 2.20. The quantitative estimate of drug-likeness (QED) is 0.693. The fraction of sp³-hybridized carbons (Fsp3) is 0.364. The van der Waals surface area contributed by atoms with Crippen LogP contribution in [0.3, 0.4) is 0 Å². The van der Waals surface area contributed by atoms with Gasteiger partial charge < -0.3 is 15.0 Å². The van der Waals surface area contributed by atoms with E-state index in [0.717, 1.165) is 12.0 Å². The second-order valence-corrected chi connectivity index (χ2v) is 6.84. The first-order valence-electron chi connectivity index (χ1n) is 9.46. The summed E-state index contributed by atoms with van der Waals surface area (Å²) in [5, 5.41) is 3.19. The van der Waals surface area contributed by atoms with E-state index in [2.05, 4.69) is 12.2 Å². The number of ether oxygens (including phenoxy) is 1. The molecule has 0 fully saturated rings. The van der Waals surface area contributed by atoms with Gasteiger partial charge in [-0.25, -0.2) is 0 Å². The molecule has 150 valence electrons. The number of amides is 2. The number of nitrogens with one attached hydrogen (secondary N) is 1. The van der Waals surface area contributed by atoms with Crippen molar-refractivity contribution in [3.05, 3.63) is 64.7 Å². The third kappa shape index (κ3) is 5.73. The van der Waals surface area contributed by atoms with Crippen molar-refractivity contribution in [3.8, 4) is 5.75 Å². The second kappa shape index (κ2) is 10.7. The number of likely N-dealkylation sites (N-methyl/N-ethyl adjacent to an activating group) is 1. The molecule has 2 aromatic rings. The number of carbonyl (C=O) groups excluding carboxylic acids is 2. The molecule has 0 radical (unpaired) electrons. The monoisotopic (exact) mass is 402 g/mol. The number of nitrogens with zero attached hydrogens (tertiary/aromatic N) is 1. The summed E-state index contributed by atoms with van der Waals surface area (Å²) in [5.41, 5.74) is 1.98. The molecule has 0 aliphatic carbocycles. The van der Waals surface area contributed by atoms with Crippen molar-refractivity contribution in [2.75, 3.05) is 13.7 Å². The van der Waals surface area contributed by atoms with Crippen LogP contribution in [-0.2, 0) is 22.6 Å². The van der Waals surface area contributed by atoms with Crippen molar-refractivity contribution >= 4 is 23.4 Å². The fourth-order valence-corrected chi connectivity index (χ4v) is 3.14. The van der Waals surface area contributed by atoms with Gasteiger partial charge in [-0.3, -0.25) is 9.59 Å². The van der Waals surface area contributed by atoms with Crippen LogP contribution in [-0.4, -0.2) is 36.4 Å². The molecule has 0 heterocycles. The maximum Gasteiger partial charge on any atom is 0.261 e. The molecule has 0 saturated carbocycles. The van der Waals surface area contributed by atoms with Crippen LogP contribution < -0.4 is 10.1 Å². The minimum Gasteiger partial charge on any atom is -0.484 e. The maximum atomic E-state index is 13.0. The molecule has 0 aliphatic heterocycles. The molecule has 0 spiro atoms. The Morgan fingerprint density at radius 2 is 1.79 bits per heavy atom. The summed E-state index contributed by atoms with van der Waals surface area (Å²) >= 11 is 6.27. The molecule has 2 rings (SSSR count). The second-order valence-electron chi connectivity index (χ2n) is 6.44. The van der Waals surface area contributed by atoms with Crippen molar-refractivity contribution in [1.29, 1.82) is 0 Å². The Balaban J connectivity index is 2.17. The Labute approximate surface area is 171 Å². The van der Waals surface area contributed by atoms with Gasteiger partial charge in [0, 0.05) is 18.6 Å². The van der Waals surface area contributed by atoms with E-state index in [4.69, 9.17) is 16.3 Å². The molecular formula is C22H27ClN2O3. The molecule has 28 heavy (non-hydrogen) atoms. The summed E-state index contributed by atoms with van der Waals surface area (Å²) < 4.78 is 5.67. The van der Waals surface area contributed by atoms with Crippen molar-refractivity contribution in [2.24, 2.45) is 0 Å². The van der Waals surface area contributed by atoms with Gasteiger partial charge in [0.1, 0.15) is 11.8 Å². The minimum absolute atomic E-state index is 0.149. The first-order valence-corrected chi connectivity index (χ1v) is 9.84. The van der Waals surface area contributed by atoms with Gasteiger partial charge >= 0.3 is 0 Å². The van der Waals surface area contributed by atoms with Crippen molar-refractivity contribution < 1.29 is 14.3 Å². The van der Waals surface area contributed by atoms with Crippen LogP contribution in [0.5, 0.6) is 5.75 Å². The van der Waals surface area contributed by atoms with E-state index >= 15 is 0 Å². The number of carbonyl (C=O) groups is 2. The van der Waals surface area contributed by atoms with Gasteiger partial charge in [0.15, 0.2) is 6.61 Å². The number of aryl methyl sites for hydroxylation is 1. The number of hydrogen-bond acceptors (Lipinski definition) is 3. The molecule has 0 aliphatic rings. The van der Waals surface area contributed by atoms with Gasteiger partial charge in [-0.05, 0) is 42.2 Å². The molecule has 0 bridgehead atoms. The highest BCUT2D eigenvalue weighted by Gasteiger charge is 2.28. The molecule has 6 heteroatoms. The van der Waals surface area contributed by atoms with Crippen LogP contribution in [0, 0.1) is 0 Å². The Bertz CT molecular complexity index is 793. The van der Waals surface area contributed by atoms with Crippen molar-refractivity contribution in [2.45, 2.75) is 39.3 Å². The summed E-state index contributed by atoms with van der Waals surface area (Å²) in [6.07, 6.45) is 1.43. The summed E-state index contributed by atoms with van der Waals surface area (Å²) in [4.78, 5) is 26.8. The van der Waals surface area contributed by atoms with Gasteiger partial charge in [-0.1, -0.05) is 55.8 Å². The highest BCUT2D eigenvalue weighted by atomic mass is 35.5. The Morgan fingerprint density at radius 1 is 1.11 bits per heavy atom. The van der Waals surface area contributed by atoms with E-state index in [0.29, 0.717) is 17.2 Å². The molecule has 0 unspecified atom stereocenters. The topological polar surface area (TPSA) is 58.6 Å². The smallest absolute Gasteiger partial charge is 0.261 e. The average molecular weight is 403 g/mol. The lowest BCUT2D eigenvalue weighted by Gasteiger charge is -2.30. The first kappa shape index (κ1) is 21.8. The lowest BCUT2D eigenvalue weighted by molar-refractivity contribution is -0.142. The molecule has 2 amide bonds. The van der Waals surface area contributed by atoms with Crippen LogP contribution in [0.1, 0.15) is 31.4 Å². The van der Waals surface area contributed by atoms with Crippen LogP contribution in [0.25, 0.3) is 0 Å². The zero-order valence-corrected chi connectivity index (χ0v) is 17.3. The van der Waals surface area contributed by atoms with Crippen molar-refractivity contribution in [1.82, 2.24) is 10.2 Å². The number of halogens is 1. The zero-order valence-electron chi connectivity index (χ0n) is 16.6. The Hall–Kier alpha value is -2.53. The lowest BCUT2D eigenvalue weighted by atomic mass is 10.1. The predicted molar refractivity (Wildman–Crippen MR) is 111 cm³/mol. The van der Waals surface area contributed by atoms with Crippen LogP contribution in [0.4, 0.5) is 0 Å². The number of hydrogen-bond donors (Lipinski definition) is 1. The largest absolute Gasteiger partial charge is 0.484 e. The normalized spacial score (nSPS) is 11.6. The van der Waals surface area contributed by atoms with Crippen LogP contribution in [0.15, 0.2) is 48.5 Å². The SMILES string of the molecule is CCc1ccc(OCC(=O)N(Cc2ccccc2Cl)[C@H](CC)C(=O)NC)cc1. The Kier molecular flexibility index (Phi) is 8.33. The number of rotatable bonds is 9. The van der Waals surface area contributed by atoms with Gasteiger partial charge in [-0.15, -0.1) is 0 Å². The van der Waals surface area contributed by atoms with E-state index in [1.54, 1.807) is 13.1 Å². The molecule has 2 aromatic carbocycles. The summed E-state index contributed by atoms with van der Waals surface area (Å²) in [7, 11) is 1.56. The molecule has 1 atom stereocenters. The van der Waals surface area contributed by atoms with Gasteiger partial charge in [0.2, 0.25) is 5.91 Å². The van der Waals surface area contributed by atoms with E-state index in [-0.39, 0.29) is 25.0 Å². The lowest BCUT2D eigenvalue weighted by Crippen LogP contribution is -2.49. The average Bonchev–Trinajstić information content (AvgIpc) is 2.73. The fourth-order valence-electron chi connectivity index (χ4n) is 2.95. The molecule has 1 N–H and O–H groups in total. The Morgan fingerprint density at radius 3 is 2.36 bits per heavy atom.